The van der Waals surface area contributed by atoms with Crippen LogP contribution in [0.25, 0.3) is 0 Å². The Labute approximate surface area is 122 Å². The van der Waals surface area contributed by atoms with Crippen molar-refractivity contribution in [3.8, 4) is 11.5 Å². The molecule has 2 aromatic rings. The van der Waals surface area contributed by atoms with Crippen molar-refractivity contribution >= 4 is 17.3 Å². The lowest BCUT2D eigenvalue weighted by Crippen LogP contribution is -2.08. The van der Waals surface area contributed by atoms with Crippen LogP contribution in [0.15, 0.2) is 36.4 Å². The van der Waals surface area contributed by atoms with Crippen molar-refractivity contribution in [3.63, 3.8) is 0 Å². The van der Waals surface area contributed by atoms with Gasteiger partial charge in [-0.15, -0.1) is 0 Å². The Morgan fingerprint density at radius 2 is 2.05 bits per heavy atom. The fraction of sp³-hybridized carbons (Fsp3) is 0.200. The molecular weight excluding hydrogens is 281 g/mol. The lowest BCUT2D eigenvalue weighted by atomic mass is 10.1. The molecule has 1 atom stereocenters. The number of anilines is 1. The van der Waals surface area contributed by atoms with Crippen molar-refractivity contribution in [2.45, 2.75) is 13.0 Å². The maximum absolute atomic E-state index is 13.8. The second kappa shape index (κ2) is 6.01. The largest absolute Gasteiger partial charge is 0.504 e. The SMILES string of the molecule is COc1cc(C(C)Nc2cccc(Cl)c2F)ccc1O. The molecule has 0 aliphatic rings. The first kappa shape index (κ1) is 14.5. The van der Waals surface area contributed by atoms with E-state index in [2.05, 4.69) is 5.32 Å². The monoisotopic (exact) mass is 295 g/mol. The molecule has 0 amide bonds. The molecule has 0 saturated heterocycles. The summed E-state index contributed by atoms with van der Waals surface area (Å²) in [5.74, 6) is -0.0353. The molecule has 0 fully saturated rings. The predicted octanol–water partition coefficient (Wildman–Crippen LogP) is 4.37. The Kier molecular flexibility index (Phi) is 4.35. The number of ether oxygens (including phenoxy) is 1. The van der Waals surface area contributed by atoms with Gasteiger partial charge in [-0.25, -0.2) is 4.39 Å². The molecule has 20 heavy (non-hydrogen) atoms. The minimum absolute atomic E-state index is 0.0670. The Balaban J connectivity index is 2.24. The number of nitrogens with one attached hydrogen (secondary N) is 1. The van der Waals surface area contributed by atoms with Gasteiger partial charge < -0.3 is 15.2 Å². The summed E-state index contributed by atoms with van der Waals surface area (Å²) in [7, 11) is 1.48. The molecule has 5 heteroatoms. The summed E-state index contributed by atoms with van der Waals surface area (Å²) in [6.45, 7) is 1.88. The molecule has 2 N–H and O–H groups in total. The van der Waals surface area contributed by atoms with Crippen molar-refractivity contribution in [2.75, 3.05) is 12.4 Å². The summed E-state index contributed by atoms with van der Waals surface area (Å²) < 4.78 is 18.9. The number of rotatable bonds is 4. The van der Waals surface area contributed by atoms with E-state index in [4.69, 9.17) is 16.3 Å². The molecule has 2 rings (SSSR count). The van der Waals surface area contributed by atoms with Crippen molar-refractivity contribution in [3.05, 3.63) is 52.8 Å². The van der Waals surface area contributed by atoms with Crippen LogP contribution in [0.3, 0.4) is 0 Å². The minimum Gasteiger partial charge on any atom is -0.504 e. The molecule has 0 bridgehead atoms. The van der Waals surface area contributed by atoms with Gasteiger partial charge in [0.1, 0.15) is 0 Å². The maximum atomic E-state index is 13.8. The lowest BCUT2D eigenvalue weighted by Gasteiger charge is -2.17. The van der Waals surface area contributed by atoms with Gasteiger partial charge in [0, 0.05) is 6.04 Å². The normalized spacial score (nSPS) is 12.0. The number of methoxy groups -OCH3 is 1. The van der Waals surface area contributed by atoms with Crippen molar-refractivity contribution in [1.29, 1.82) is 0 Å². The standard InChI is InChI=1S/C15H15ClFNO2/c1-9(10-6-7-13(19)14(8-10)20-2)18-12-5-3-4-11(16)15(12)17/h3-9,18-19H,1-2H3. The molecule has 106 valence electrons. The number of hydrogen-bond acceptors (Lipinski definition) is 3. The van der Waals surface area contributed by atoms with E-state index in [1.807, 2.05) is 6.92 Å². The number of phenolic OH excluding ortho intramolecular Hbond substituents is 1. The van der Waals surface area contributed by atoms with Crippen molar-refractivity contribution < 1.29 is 14.2 Å². The van der Waals surface area contributed by atoms with E-state index in [0.29, 0.717) is 11.4 Å². The third kappa shape index (κ3) is 2.96. The third-order valence-electron chi connectivity index (χ3n) is 3.03. The zero-order valence-corrected chi connectivity index (χ0v) is 11.9. The first-order valence-corrected chi connectivity index (χ1v) is 6.48. The van der Waals surface area contributed by atoms with Gasteiger partial charge in [-0.1, -0.05) is 23.7 Å². The molecule has 0 radical (unpaired) electrons. The summed E-state index contributed by atoms with van der Waals surface area (Å²) in [5.41, 5.74) is 1.19. The molecule has 1 unspecified atom stereocenters. The van der Waals surface area contributed by atoms with E-state index < -0.39 is 5.82 Å². The zero-order valence-electron chi connectivity index (χ0n) is 11.2. The van der Waals surface area contributed by atoms with Gasteiger partial charge in [0.05, 0.1) is 17.8 Å². The summed E-state index contributed by atoms with van der Waals surface area (Å²) in [5, 5.41) is 12.7. The van der Waals surface area contributed by atoms with Crippen LogP contribution in [0.1, 0.15) is 18.5 Å². The molecule has 3 nitrogen and oxygen atoms in total. The highest BCUT2D eigenvalue weighted by atomic mass is 35.5. The van der Waals surface area contributed by atoms with E-state index in [0.717, 1.165) is 5.56 Å². The Hall–Kier alpha value is -1.94. The van der Waals surface area contributed by atoms with Crippen LogP contribution in [0.2, 0.25) is 5.02 Å². The molecule has 0 spiro atoms. The Morgan fingerprint density at radius 3 is 2.75 bits per heavy atom. The maximum Gasteiger partial charge on any atom is 0.164 e. The van der Waals surface area contributed by atoms with Crippen LogP contribution in [-0.2, 0) is 0 Å². The fourth-order valence-electron chi connectivity index (χ4n) is 1.90. The summed E-state index contributed by atoms with van der Waals surface area (Å²) in [4.78, 5) is 0. The second-order valence-corrected chi connectivity index (χ2v) is 4.81. The number of halogens is 2. The van der Waals surface area contributed by atoms with Gasteiger partial charge in [-0.2, -0.15) is 0 Å². The van der Waals surface area contributed by atoms with Gasteiger partial charge in [0.25, 0.3) is 0 Å². The lowest BCUT2D eigenvalue weighted by molar-refractivity contribution is 0.373. The highest BCUT2D eigenvalue weighted by Gasteiger charge is 2.12. The van der Waals surface area contributed by atoms with Gasteiger partial charge in [-0.3, -0.25) is 0 Å². The topological polar surface area (TPSA) is 41.5 Å². The highest BCUT2D eigenvalue weighted by molar-refractivity contribution is 6.31. The van der Waals surface area contributed by atoms with Gasteiger partial charge in [0.2, 0.25) is 0 Å². The predicted molar refractivity (Wildman–Crippen MR) is 78.1 cm³/mol. The quantitative estimate of drug-likeness (QED) is 0.880. The van der Waals surface area contributed by atoms with Gasteiger partial charge in [0.15, 0.2) is 17.3 Å². The third-order valence-corrected chi connectivity index (χ3v) is 3.32. The Morgan fingerprint density at radius 1 is 1.30 bits per heavy atom. The molecule has 0 aliphatic carbocycles. The van der Waals surface area contributed by atoms with Crippen LogP contribution in [0, 0.1) is 5.82 Å². The molecular formula is C15H15ClFNO2. The van der Waals surface area contributed by atoms with E-state index in [1.165, 1.54) is 13.2 Å². The first-order valence-electron chi connectivity index (χ1n) is 6.10. The van der Waals surface area contributed by atoms with E-state index >= 15 is 0 Å². The van der Waals surface area contributed by atoms with Crippen LogP contribution in [-0.4, -0.2) is 12.2 Å². The zero-order chi connectivity index (χ0) is 14.7. The second-order valence-electron chi connectivity index (χ2n) is 4.40. The van der Waals surface area contributed by atoms with E-state index in [9.17, 15) is 9.50 Å². The van der Waals surface area contributed by atoms with Crippen LogP contribution in [0.4, 0.5) is 10.1 Å². The number of aromatic hydroxyl groups is 1. The summed E-state index contributed by atoms with van der Waals surface area (Å²) in [6.07, 6.45) is 0. The number of phenols is 1. The average Bonchev–Trinajstić information content (AvgIpc) is 2.44. The van der Waals surface area contributed by atoms with E-state index in [1.54, 1.807) is 30.3 Å². The smallest absolute Gasteiger partial charge is 0.164 e. The number of hydrogen-bond donors (Lipinski definition) is 2. The van der Waals surface area contributed by atoms with E-state index in [-0.39, 0.29) is 16.8 Å². The van der Waals surface area contributed by atoms with Crippen molar-refractivity contribution in [2.24, 2.45) is 0 Å². The molecule has 0 aromatic heterocycles. The average molecular weight is 296 g/mol. The van der Waals surface area contributed by atoms with Gasteiger partial charge in [-0.05, 0) is 36.8 Å². The van der Waals surface area contributed by atoms with Gasteiger partial charge >= 0.3 is 0 Å². The Bertz CT molecular complexity index is 619. The molecule has 0 aliphatic heterocycles. The summed E-state index contributed by atoms with van der Waals surface area (Å²) in [6, 6.07) is 9.62. The van der Waals surface area contributed by atoms with Crippen LogP contribution >= 0.6 is 11.6 Å². The van der Waals surface area contributed by atoms with Crippen molar-refractivity contribution in [1.82, 2.24) is 0 Å². The molecule has 2 aromatic carbocycles. The highest BCUT2D eigenvalue weighted by Crippen LogP contribution is 2.31. The minimum atomic E-state index is -0.480. The van der Waals surface area contributed by atoms with Crippen LogP contribution < -0.4 is 10.1 Å². The number of benzene rings is 2. The molecule has 0 saturated carbocycles. The fourth-order valence-corrected chi connectivity index (χ4v) is 2.07. The summed E-state index contributed by atoms with van der Waals surface area (Å²) >= 11 is 5.74. The van der Waals surface area contributed by atoms with Crippen LogP contribution in [0.5, 0.6) is 11.5 Å². The first-order chi connectivity index (χ1) is 9.52. The molecule has 0 heterocycles.